The van der Waals surface area contributed by atoms with Gasteiger partial charge in [-0.2, -0.15) is 5.10 Å². The maximum atomic E-state index is 10.9. The molecule has 7 heteroatoms. The van der Waals surface area contributed by atoms with Crippen LogP contribution in [0.15, 0.2) is 58.5 Å². The summed E-state index contributed by atoms with van der Waals surface area (Å²) in [5.41, 5.74) is 5.57. The standard InChI is InChI=1S/C19H25N3O3S/c1-3-13-22(14-4-2)18-9-5-16(6-10-18)15-20-21-17-7-11-19(12-8-17)26(23,24)25/h5-12,15,21H,3-4,13-14H2,1-2H3,(H,23,24,25)/p-1/b20-15+. The quantitative estimate of drug-likeness (QED) is 0.411. The van der Waals surface area contributed by atoms with Crippen molar-refractivity contribution in [3.8, 4) is 0 Å². The highest BCUT2D eigenvalue weighted by molar-refractivity contribution is 7.85. The molecule has 0 spiro atoms. The smallest absolute Gasteiger partial charge is 0.124 e. The number of nitrogens with one attached hydrogen (secondary N) is 1. The van der Waals surface area contributed by atoms with E-state index in [1.54, 1.807) is 6.21 Å². The maximum Gasteiger partial charge on any atom is 0.124 e. The van der Waals surface area contributed by atoms with Crippen LogP contribution in [0.3, 0.4) is 0 Å². The van der Waals surface area contributed by atoms with Gasteiger partial charge in [0.2, 0.25) is 0 Å². The molecule has 0 amide bonds. The van der Waals surface area contributed by atoms with E-state index in [2.05, 4.69) is 41.4 Å². The average molecular weight is 374 g/mol. The van der Waals surface area contributed by atoms with E-state index in [1.165, 1.54) is 30.0 Å². The third kappa shape index (κ3) is 5.86. The lowest BCUT2D eigenvalue weighted by Gasteiger charge is -2.23. The molecule has 0 unspecified atom stereocenters. The van der Waals surface area contributed by atoms with Gasteiger partial charge < -0.3 is 9.45 Å². The van der Waals surface area contributed by atoms with E-state index in [9.17, 15) is 13.0 Å². The first-order valence-electron chi connectivity index (χ1n) is 8.64. The lowest BCUT2D eigenvalue weighted by Crippen LogP contribution is -2.24. The summed E-state index contributed by atoms with van der Waals surface area (Å²) in [6.07, 6.45) is 3.91. The van der Waals surface area contributed by atoms with Crippen LogP contribution in [0.25, 0.3) is 0 Å². The topological polar surface area (TPSA) is 84.8 Å². The highest BCUT2D eigenvalue weighted by Crippen LogP contribution is 2.16. The van der Waals surface area contributed by atoms with Gasteiger partial charge in [-0.05, 0) is 54.8 Å². The molecular formula is C19H24N3O3S-. The van der Waals surface area contributed by atoms with Crippen molar-refractivity contribution in [2.45, 2.75) is 31.6 Å². The monoisotopic (exact) mass is 374 g/mol. The Morgan fingerprint density at radius 2 is 1.58 bits per heavy atom. The first-order chi connectivity index (χ1) is 12.4. The SMILES string of the molecule is CCCN(CCC)c1ccc(/C=N/Nc2ccc(S(=O)(=O)[O-])cc2)cc1. The fraction of sp³-hybridized carbons (Fsp3) is 0.316. The van der Waals surface area contributed by atoms with Gasteiger partial charge in [0.15, 0.2) is 0 Å². The van der Waals surface area contributed by atoms with E-state index < -0.39 is 10.1 Å². The van der Waals surface area contributed by atoms with Crippen molar-refractivity contribution in [2.75, 3.05) is 23.4 Å². The summed E-state index contributed by atoms with van der Waals surface area (Å²) in [6.45, 7) is 6.43. The van der Waals surface area contributed by atoms with Gasteiger partial charge in [-0.1, -0.05) is 26.0 Å². The summed E-state index contributed by atoms with van der Waals surface area (Å²) in [7, 11) is -4.42. The van der Waals surface area contributed by atoms with E-state index in [0.29, 0.717) is 5.69 Å². The van der Waals surface area contributed by atoms with Crippen LogP contribution in [0.2, 0.25) is 0 Å². The van der Waals surface area contributed by atoms with Crippen LogP contribution >= 0.6 is 0 Å². The van der Waals surface area contributed by atoms with Crippen molar-refractivity contribution in [1.29, 1.82) is 0 Å². The molecule has 2 aromatic carbocycles. The number of rotatable bonds is 9. The zero-order chi connectivity index (χ0) is 19.0. The molecule has 1 N–H and O–H groups in total. The van der Waals surface area contributed by atoms with E-state index in [1.807, 2.05) is 12.1 Å². The molecule has 6 nitrogen and oxygen atoms in total. The molecule has 0 atom stereocenters. The van der Waals surface area contributed by atoms with Crippen LogP contribution in [0, 0.1) is 0 Å². The second kappa shape index (κ2) is 9.35. The van der Waals surface area contributed by atoms with Crippen molar-refractivity contribution >= 4 is 27.7 Å². The van der Waals surface area contributed by atoms with Crippen molar-refractivity contribution < 1.29 is 13.0 Å². The van der Waals surface area contributed by atoms with Gasteiger partial charge in [-0.3, -0.25) is 5.43 Å². The molecule has 0 aliphatic heterocycles. The minimum absolute atomic E-state index is 0.258. The third-order valence-corrected chi connectivity index (χ3v) is 4.65. The van der Waals surface area contributed by atoms with Gasteiger partial charge in [-0.25, -0.2) is 8.42 Å². The van der Waals surface area contributed by atoms with Crippen LogP contribution in [-0.2, 0) is 10.1 Å². The van der Waals surface area contributed by atoms with Gasteiger partial charge >= 0.3 is 0 Å². The predicted octanol–water partition coefficient (Wildman–Crippen LogP) is 3.66. The summed E-state index contributed by atoms with van der Waals surface area (Å²) >= 11 is 0. The number of hydrogen-bond donors (Lipinski definition) is 1. The molecule has 0 bridgehead atoms. The molecule has 0 saturated carbocycles. The Bertz CT molecular complexity index is 810. The minimum Gasteiger partial charge on any atom is -0.744 e. The van der Waals surface area contributed by atoms with Gasteiger partial charge in [0.25, 0.3) is 0 Å². The van der Waals surface area contributed by atoms with Crippen molar-refractivity contribution in [3.63, 3.8) is 0 Å². The van der Waals surface area contributed by atoms with Crippen molar-refractivity contribution in [2.24, 2.45) is 5.10 Å². The van der Waals surface area contributed by atoms with Crippen LogP contribution in [0.4, 0.5) is 11.4 Å². The average Bonchev–Trinajstić information content (AvgIpc) is 2.62. The Morgan fingerprint density at radius 3 is 2.08 bits per heavy atom. The van der Waals surface area contributed by atoms with E-state index in [-0.39, 0.29) is 4.90 Å². The molecule has 0 aliphatic carbocycles. The Balaban J connectivity index is 1.98. The number of hydrazone groups is 1. The first kappa shape index (κ1) is 19.9. The lowest BCUT2D eigenvalue weighted by molar-refractivity contribution is 0.463. The van der Waals surface area contributed by atoms with E-state index in [0.717, 1.165) is 31.5 Å². The van der Waals surface area contributed by atoms with Crippen LogP contribution < -0.4 is 10.3 Å². The number of anilines is 2. The molecule has 0 aromatic heterocycles. The lowest BCUT2D eigenvalue weighted by atomic mass is 10.2. The molecule has 2 aromatic rings. The highest BCUT2D eigenvalue weighted by atomic mass is 32.2. The maximum absolute atomic E-state index is 10.9. The summed E-state index contributed by atoms with van der Waals surface area (Å²) in [5.74, 6) is 0. The molecule has 0 aliphatic rings. The fourth-order valence-corrected chi connectivity index (χ4v) is 3.03. The Kier molecular flexibility index (Phi) is 7.17. The summed E-state index contributed by atoms with van der Waals surface area (Å²) in [4.78, 5) is 2.11. The molecule has 0 saturated heterocycles. The van der Waals surface area contributed by atoms with Gasteiger partial charge in [0.05, 0.1) is 16.8 Å². The summed E-state index contributed by atoms with van der Waals surface area (Å²) in [6, 6.07) is 13.7. The molecular weight excluding hydrogens is 350 g/mol. The Labute approximate surface area is 155 Å². The first-order valence-corrected chi connectivity index (χ1v) is 10.0. The Hall–Kier alpha value is -2.38. The summed E-state index contributed by atoms with van der Waals surface area (Å²) < 4.78 is 32.7. The number of hydrogen-bond acceptors (Lipinski definition) is 6. The second-order valence-corrected chi connectivity index (χ2v) is 7.31. The van der Waals surface area contributed by atoms with Crippen LogP contribution in [0.1, 0.15) is 32.3 Å². The Morgan fingerprint density at radius 1 is 1.00 bits per heavy atom. The molecule has 0 radical (unpaired) electrons. The molecule has 140 valence electrons. The normalized spacial score (nSPS) is 11.7. The molecule has 2 rings (SSSR count). The zero-order valence-electron chi connectivity index (χ0n) is 15.1. The molecule has 0 fully saturated rings. The van der Waals surface area contributed by atoms with Gasteiger partial charge in [0, 0.05) is 18.8 Å². The number of benzene rings is 2. The highest BCUT2D eigenvalue weighted by Gasteiger charge is 2.04. The predicted molar refractivity (Wildman–Crippen MR) is 105 cm³/mol. The van der Waals surface area contributed by atoms with Gasteiger partial charge in [-0.15, -0.1) is 0 Å². The third-order valence-electron chi connectivity index (χ3n) is 3.80. The van der Waals surface area contributed by atoms with Crippen molar-refractivity contribution in [3.05, 3.63) is 54.1 Å². The molecule has 0 heterocycles. The van der Waals surface area contributed by atoms with Crippen LogP contribution in [0.5, 0.6) is 0 Å². The van der Waals surface area contributed by atoms with E-state index in [4.69, 9.17) is 0 Å². The zero-order valence-corrected chi connectivity index (χ0v) is 15.9. The fourth-order valence-electron chi connectivity index (χ4n) is 2.56. The number of nitrogens with zero attached hydrogens (tertiary/aromatic N) is 2. The molecule has 26 heavy (non-hydrogen) atoms. The second-order valence-electron chi connectivity index (χ2n) is 5.93. The van der Waals surface area contributed by atoms with Crippen molar-refractivity contribution in [1.82, 2.24) is 0 Å². The summed E-state index contributed by atoms with van der Waals surface area (Å²) in [5, 5.41) is 4.13. The van der Waals surface area contributed by atoms with Crippen LogP contribution in [-0.4, -0.2) is 32.3 Å². The minimum atomic E-state index is -4.42. The largest absolute Gasteiger partial charge is 0.744 e. The van der Waals surface area contributed by atoms with E-state index >= 15 is 0 Å². The van der Waals surface area contributed by atoms with Gasteiger partial charge in [0.1, 0.15) is 10.1 Å².